The van der Waals surface area contributed by atoms with Crippen molar-refractivity contribution >= 4 is 17.5 Å². The zero-order valence-electron chi connectivity index (χ0n) is 16.8. The zero-order valence-corrected chi connectivity index (χ0v) is 16.8. The maximum absolute atomic E-state index is 12.7. The molecule has 0 saturated heterocycles. The fourth-order valence-electron chi connectivity index (χ4n) is 2.89. The summed E-state index contributed by atoms with van der Waals surface area (Å²) >= 11 is 0. The first kappa shape index (κ1) is 20.5. The van der Waals surface area contributed by atoms with Crippen molar-refractivity contribution in [3.8, 4) is 0 Å². The number of hydrogen-bond acceptors (Lipinski definition) is 3. The van der Waals surface area contributed by atoms with Crippen LogP contribution < -0.4 is 10.2 Å². The van der Waals surface area contributed by atoms with E-state index in [0.29, 0.717) is 6.54 Å². The highest BCUT2D eigenvalue weighted by atomic mass is 16.2. The summed E-state index contributed by atoms with van der Waals surface area (Å²) in [4.78, 5) is 28.0. The van der Waals surface area contributed by atoms with E-state index in [9.17, 15) is 9.59 Å². The lowest BCUT2D eigenvalue weighted by Crippen LogP contribution is -2.33. The van der Waals surface area contributed by atoms with E-state index >= 15 is 0 Å². The third-order valence-electron chi connectivity index (χ3n) is 4.53. The Labute approximate surface area is 162 Å². The number of anilines is 1. The number of nitrogens with zero attached hydrogens (tertiary/aromatic N) is 2. The molecule has 1 N–H and O–H groups in total. The van der Waals surface area contributed by atoms with Crippen molar-refractivity contribution in [2.24, 2.45) is 0 Å². The van der Waals surface area contributed by atoms with Gasteiger partial charge in [0.1, 0.15) is 0 Å². The first-order chi connectivity index (χ1) is 12.8. The first-order valence-corrected chi connectivity index (χ1v) is 9.10. The van der Waals surface area contributed by atoms with Gasteiger partial charge in [-0.25, -0.2) is 0 Å². The third-order valence-corrected chi connectivity index (χ3v) is 4.53. The fourth-order valence-corrected chi connectivity index (χ4v) is 2.89. The van der Waals surface area contributed by atoms with E-state index in [-0.39, 0.29) is 24.3 Å². The Morgan fingerprint density at radius 1 is 0.963 bits per heavy atom. The second-order valence-electron chi connectivity index (χ2n) is 7.18. The van der Waals surface area contributed by atoms with Crippen LogP contribution in [0, 0.1) is 6.92 Å². The zero-order chi connectivity index (χ0) is 20.0. The van der Waals surface area contributed by atoms with Crippen molar-refractivity contribution in [2.45, 2.75) is 32.9 Å². The van der Waals surface area contributed by atoms with Gasteiger partial charge in [0, 0.05) is 40.3 Å². The Balaban J connectivity index is 2.04. The van der Waals surface area contributed by atoms with E-state index in [1.54, 1.807) is 11.9 Å². The van der Waals surface area contributed by atoms with Crippen molar-refractivity contribution < 1.29 is 9.59 Å². The van der Waals surface area contributed by atoms with E-state index in [1.165, 1.54) is 6.92 Å². The number of rotatable bonds is 7. The summed E-state index contributed by atoms with van der Waals surface area (Å²) in [7, 11) is 5.79. The molecule has 0 spiro atoms. The standard InChI is InChI=1S/C22H29N3O2/c1-16-6-10-19(11-7-16)21(23-17(2)26)14-22(27)25(5)15-18-8-12-20(13-9-18)24(3)4/h6-13,21H,14-15H2,1-5H3,(H,23,26). The second kappa shape index (κ2) is 9.21. The summed E-state index contributed by atoms with van der Waals surface area (Å²) in [5.74, 6) is -0.152. The predicted octanol–water partition coefficient (Wildman–Crippen LogP) is 3.29. The molecule has 1 unspecified atom stereocenters. The lowest BCUT2D eigenvalue weighted by atomic mass is 10.0. The molecule has 0 fully saturated rings. The van der Waals surface area contributed by atoms with Crippen LogP contribution in [-0.2, 0) is 16.1 Å². The minimum Gasteiger partial charge on any atom is -0.378 e. The molecule has 2 amide bonds. The molecule has 0 aliphatic heterocycles. The van der Waals surface area contributed by atoms with Crippen LogP contribution in [-0.4, -0.2) is 37.9 Å². The predicted molar refractivity (Wildman–Crippen MR) is 110 cm³/mol. The molecule has 0 aliphatic carbocycles. The van der Waals surface area contributed by atoms with Gasteiger partial charge >= 0.3 is 0 Å². The van der Waals surface area contributed by atoms with Gasteiger partial charge < -0.3 is 15.1 Å². The van der Waals surface area contributed by atoms with Gasteiger partial charge in [-0.3, -0.25) is 9.59 Å². The van der Waals surface area contributed by atoms with E-state index in [2.05, 4.69) is 5.32 Å². The summed E-state index contributed by atoms with van der Waals surface area (Å²) in [6.45, 7) is 4.02. The molecule has 0 radical (unpaired) electrons. The van der Waals surface area contributed by atoms with Crippen LogP contribution in [0.25, 0.3) is 0 Å². The van der Waals surface area contributed by atoms with Crippen LogP contribution in [0.3, 0.4) is 0 Å². The average Bonchev–Trinajstić information content (AvgIpc) is 2.61. The highest BCUT2D eigenvalue weighted by Crippen LogP contribution is 2.20. The Kier molecular flexibility index (Phi) is 6.99. The topological polar surface area (TPSA) is 52.7 Å². The van der Waals surface area contributed by atoms with Gasteiger partial charge in [-0.15, -0.1) is 0 Å². The molecule has 0 aromatic heterocycles. The highest BCUT2D eigenvalue weighted by molar-refractivity contribution is 5.79. The Hall–Kier alpha value is -2.82. The lowest BCUT2D eigenvalue weighted by Gasteiger charge is -2.23. The Bertz CT molecular complexity index is 767. The van der Waals surface area contributed by atoms with E-state index in [1.807, 2.05) is 74.4 Å². The molecule has 2 aromatic carbocycles. The van der Waals surface area contributed by atoms with Crippen LogP contribution in [0.1, 0.15) is 36.1 Å². The van der Waals surface area contributed by atoms with Crippen molar-refractivity contribution in [1.82, 2.24) is 10.2 Å². The van der Waals surface area contributed by atoms with E-state index in [0.717, 1.165) is 22.4 Å². The van der Waals surface area contributed by atoms with Gasteiger partial charge in [0.15, 0.2) is 0 Å². The molecule has 144 valence electrons. The van der Waals surface area contributed by atoms with Crippen molar-refractivity contribution in [2.75, 3.05) is 26.0 Å². The number of aryl methyl sites for hydroxylation is 1. The average molecular weight is 367 g/mol. The van der Waals surface area contributed by atoms with Gasteiger partial charge in [-0.2, -0.15) is 0 Å². The molecule has 0 aliphatic rings. The van der Waals surface area contributed by atoms with Gasteiger partial charge in [-0.05, 0) is 30.2 Å². The van der Waals surface area contributed by atoms with Crippen LogP contribution in [0.5, 0.6) is 0 Å². The summed E-state index contributed by atoms with van der Waals surface area (Å²) in [6.07, 6.45) is 0.231. The molecule has 0 bridgehead atoms. The largest absolute Gasteiger partial charge is 0.378 e. The van der Waals surface area contributed by atoms with E-state index in [4.69, 9.17) is 0 Å². The number of amides is 2. The molecular weight excluding hydrogens is 338 g/mol. The first-order valence-electron chi connectivity index (χ1n) is 9.10. The van der Waals surface area contributed by atoms with Crippen molar-refractivity contribution in [3.05, 3.63) is 65.2 Å². The maximum Gasteiger partial charge on any atom is 0.225 e. The van der Waals surface area contributed by atoms with Gasteiger partial charge in [-0.1, -0.05) is 42.0 Å². The van der Waals surface area contributed by atoms with Crippen molar-refractivity contribution in [1.29, 1.82) is 0 Å². The number of nitrogens with one attached hydrogen (secondary N) is 1. The maximum atomic E-state index is 12.7. The number of carbonyl (C=O) groups excluding carboxylic acids is 2. The molecule has 5 nitrogen and oxygen atoms in total. The van der Waals surface area contributed by atoms with Crippen molar-refractivity contribution in [3.63, 3.8) is 0 Å². The van der Waals surface area contributed by atoms with Gasteiger partial charge in [0.2, 0.25) is 11.8 Å². The minimum absolute atomic E-state index is 0.00832. The fraction of sp³-hybridized carbons (Fsp3) is 0.364. The Morgan fingerprint density at radius 2 is 1.56 bits per heavy atom. The molecule has 2 aromatic rings. The van der Waals surface area contributed by atoms with Crippen LogP contribution >= 0.6 is 0 Å². The third kappa shape index (κ3) is 6.13. The molecule has 0 heterocycles. The second-order valence-corrected chi connectivity index (χ2v) is 7.18. The molecule has 5 heteroatoms. The number of hydrogen-bond donors (Lipinski definition) is 1. The Morgan fingerprint density at radius 3 is 2.07 bits per heavy atom. The normalized spacial score (nSPS) is 11.6. The summed E-state index contributed by atoms with van der Waals surface area (Å²) in [6, 6.07) is 15.7. The number of benzene rings is 2. The molecular formula is C22H29N3O2. The summed E-state index contributed by atoms with van der Waals surface area (Å²) < 4.78 is 0. The van der Waals surface area contributed by atoms with Crippen LogP contribution in [0.15, 0.2) is 48.5 Å². The highest BCUT2D eigenvalue weighted by Gasteiger charge is 2.19. The summed E-state index contributed by atoms with van der Waals surface area (Å²) in [5, 5.41) is 2.89. The molecule has 0 saturated carbocycles. The lowest BCUT2D eigenvalue weighted by molar-refractivity contribution is -0.131. The number of carbonyl (C=O) groups is 2. The summed E-state index contributed by atoms with van der Waals surface area (Å²) in [5.41, 5.74) is 4.28. The monoisotopic (exact) mass is 367 g/mol. The van der Waals surface area contributed by atoms with Gasteiger partial charge in [0.25, 0.3) is 0 Å². The van der Waals surface area contributed by atoms with E-state index < -0.39 is 0 Å². The molecule has 27 heavy (non-hydrogen) atoms. The minimum atomic E-state index is -0.325. The van der Waals surface area contributed by atoms with Crippen LogP contribution in [0.2, 0.25) is 0 Å². The molecule has 2 rings (SSSR count). The molecule has 1 atom stereocenters. The van der Waals surface area contributed by atoms with Gasteiger partial charge in [0.05, 0.1) is 12.5 Å². The quantitative estimate of drug-likeness (QED) is 0.817. The smallest absolute Gasteiger partial charge is 0.225 e. The van der Waals surface area contributed by atoms with Crippen LogP contribution in [0.4, 0.5) is 5.69 Å². The SMILES string of the molecule is CC(=O)NC(CC(=O)N(C)Cc1ccc(N(C)C)cc1)c1ccc(C)cc1.